The number of alkyl halides is 2. The molecule has 0 aromatic carbocycles. The van der Waals surface area contributed by atoms with Gasteiger partial charge in [0, 0.05) is 27.7 Å². The second-order valence-corrected chi connectivity index (χ2v) is 7.80. The van der Waals surface area contributed by atoms with Crippen LogP contribution in [0, 0.1) is 12.3 Å². The fraction of sp³-hybridized carbons (Fsp3) is 0.636. The first-order valence-corrected chi connectivity index (χ1v) is 10.9. The van der Waals surface area contributed by atoms with Gasteiger partial charge in [-0.15, -0.1) is 6.42 Å². The fourth-order valence-electron chi connectivity index (χ4n) is 3.46. The van der Waals surface area contributed by atoms with E-state index in [9.17, 15) is 28.8 Å². The number of esters is 4. The SMILES string of the molecule is C#CCNC(=O)O[C@@H](C1O[C@@](F)(C(=O)OC)[C@H](F)[C@H](OC(C)=O)[C@H]1NC(C)=O)[C@@H](COC(C)=O)OC(C)=O. The van der Waals surface area contributed by atoms with Crippen molar-refractivity contribution in [2.24, 2.45) is 0 Å². The number of ether oxygens (including phenoxy) is 6. The minimum Gasteiger partial charge on any atom is -0.465 e. The molecule has 0 aromatic heterocycles. The average molecular weight is 550 g/mol. The maximum Gasteiger partial charge on any atom is 0.408 e. The Kier molecular flexibility index (Phi) is 11.9. The summed E-state index contributed by atoms with van der Waals surface area (Å²) in [5, 5.41) is 4.29. The molecule has 1 aliphatic rings. The molecule has 1 fully saturated rings. The molecule has 2 amide bonds. The molecule has 14 nitrogen and oxygen atoms in total. The van der Waals surface area contributed by atoms with Crippen LogP contribution < -0.4 is 10.6 Å². The van der Waals surface area contributed by atoms with Crippen LogP contribution >= 0.6 is 0 Å². The van der Waals surface area contributed by atoms with Gasteiger partial charge in [-0.2, -0.15) is 4.39 Å². The molecule has 1 rings (SSSR count). The van der Waals surface area contributed by atoms with Crippen LogP contribution in [0.1, 0.15) is 27.7 Å². The molecular weight excluding hydrogens is 522 g/mol. The molecule has 2 N–H and O–H groups in total. The highest BCUT2D eigenvalue weighted by Crippen LogP contribution is 2.39. The van der Waals surface area contributed by atoms with E-state index in [-0.39, 0.29) is 6.54 Å². The summed E-state index contributed by atoms with van der Waals surface area (Å²) in [5.41, 5.74) is 0. The van der Waals surface area contributed by atoms with Gasteiger partial charge in [0.2, 0.25) is 12.1 Å². The van der Waals surface area contributed by atoms with Gasteiger partial charge in [-0.3, -0.25) is 19.2 Å². The monoisotopic (exact) mass is 550 g/mol. The molecule has 212 valence electrons. The van der Waals surface area contributed by atoms with Crippen LogP contribution in [0.5, 0.6) is 0 Å². The summed E-state index contributed by atoms with van der Waals surface area (Å²) < 4.78 is 60.6. The third-order valence-corrected chi connectivity index (χ3v) is 4.83. The van der Waals surface area contributed by atoms with E-state index >= 15 is 8.78 Å². The minimum atomic E-state index is -3.98. The highest BCUT2D eigenvalue weighted by atomic mass is 19.2. The first kappa shape index (κ1) is 32.0. The number of hydrogen-bond donors (Lipinski definition) is 2. The third-order valence-electron chi connectivity index (χ3n) is 4.83. The van der Waals surface area contributed by atoms with E-state index in [2.05, 4.69) is 21.3 Å². The van der Waals surface area contributed by atoms with E-state index in [0.717, 1.165) is 27.7 Å². The average Bonchev–Trinajstić information content (AvgIpc) is 2.82. The van der Waals surface area contributed by atoms with Crippen LogP contribution in [0.4, 0.5) is 13.6 Å². The van der Waals surface area contributed by atoms with Gasteiger partial charge < -0.3 is 39.1 Å². The maximum absolute atomic E-state index is 15.8. The highest BCUT2D eigenvalue weighted by molar-refractivity contribution is 5.79. The van der Waals surface area contributed by atoms with Gasteiger partial charge in [-0.1, -0.05) is 5.92 Å². The zero-order chi connectivity index (χ0) is 29.2. The quantitative estimate of drug-likeness (QED) is 0.197. The number of rotatable bonds is 10. The van der Waals surface area contributed by atoms with E-state index in [1.54, 1.807) is 0 Å². The maximum atomic E-state index is 15.8. The number of hydrogen-bond acceptors (Lipinski definition) is 12. The van der Waals surface area contributed by atoms with Crippen LogP contribution in [-0.2, 0) is 52.4 Å². The lowest BCUT2D eigenvalue weighted by atomic mass is 9.87. The summed E-state index contributed by atoms with van der Waals surface area (Å²) in [5.74, 6) is -7.73. The molecular formula is C22H28F2N2O12. The summed E-state index contributed by atoms with van der Waals surface area (Å²) in [7, 11) is 0.707. The predicted octanol–water partition coefficient (Wildman–Crippen LogP) is -0.779. The Labute approximate surface area is 215 Å². The zero-order valence-electron chi connectivity index (χ0n) is 21.1. The van der Waals surface area contributed by atoms with E-state index in [4.69, 9.17) is 30.1 Å². The summed E-state index contributed by atoms with van der Waals surface area (Å²) >= 11 is 0. The largest absolute Gasteiger partial charge is 0.465 e. The smallest absolute Gasteiger partial charge is 0.408 e. The lowest BCUT2D eigenvalue weighted by molar-refractivity contribution is -0.296. The normalized spacial score (nSPS) is 25.8. The molecule has 7 atom stereocenters. The Morgan fingerprint density at radius 1 is 1.05 bits per heavy atom. The molecule has 0 aliphatic carbocycles. The van der Waals surface area contributed by atoms with Crippen molar-refractivity contribution in [1.29, 1.82) is 0 Å². The summed E-state index contributed by atoms with van der Waals surface area (Å²) in [6.07, 6.45) is -7.50. The third kappa shape index (κ3) is 8.54. The first-order chi connectivity index (χ1) is 17.7. The van der Waals surface area contributed by atoms with E-state index in [1.807, 2.05) is 0 Å². The van der Waals surface area contributed by atoms with Crippen LogP contribution in [0.3, 0.4) is 0 Å². The molecule has 0 aromatic rings. The van der Waals surface area contributed by atoms with Crippen LogP contribution in [0.15, 0.2) is 0 Å². The molecule has 0 saturated carbocycles. The van der Waals surface area contributed by atoms with Gasteiger partial charge in [0.25, 0.3) is 0 Å². The number of terminal acetylenes is 1. The van der Waals surface area contributed by atoms with Crippen molar-refractivity contribution >= 4 is 35.9 Å². The van der Waals surface area contributed by atoms with E-state index in [1.165, 1.54) is 0 Å². The number of alkyl carbamates (subject to hydrolysis) is 1. The molecule has 1 aliphatic heterocycles. The molecule has 38 heavy (non-hydrogen) atoms. The molecule has 1 heterocycles. The van der Waals surface area contributed by atoms with Crippen LogP contribution in [-0.4, -0.2) is 98.6 Å². The molecule has 1 saturated heterocycles. The topological polar surface area (TPSA) is 182 Å². The Hall–Kier alpha value is -4.00. The van der Waals surface area contributed by atoms with Crippen molar-refractivity contribution < 1.29 is 66.0 Å². The predicted molar refractivity (Wildman–Crippen MR) is 118 cm³/mol. The second kappa shape index (κ2) is 14.1. The lowest BCUT2D eigenvalue weighted by Gasteiger charge is -2.47. The number of methoxy groups -OCH3 is 1. The summed E-state index contributed by atoms with van der Waals surface area (Å²) in [6, 6.07) is -1.86. The van der Waals surface area contributed by atoms with Crippen molar-refractivity contribution in [1.82, 2.24) is 10.6 Å². The van der Waals surface area contributed by atoms with E-state index < -0.39 is 85.0 Å². The van der Waals surface area contributed by atoms with Crippen molar-refractivity contribution in [3.05, 3.63) is 0 Å². The van der Waals surface area contributed by atoms with Crippen LogP contribution in [0.2, 0.25) is 0 Å². The van der Waals surface area contributed by atoms with Gasteiger partial charge in [-0.05, 0) is 0 Å². The molecule has 0 radical (unpaired) electrons. The molecule has 1 unspecified atom stereocenters. The second-order valence-electron chi connectivity index (χ2n) is 7.80. The lowest BCUT2D eigenvalue weighted by Crippen LogP contribution is -2.72. The molecule has 16 heteroatoms. The number of nitrogens with one attached hydrogen (secondary N) is 2. The van der Waals surface area contributed by atoms with Crippen molar-refractivity contribution in [3.63, 3.8) is 0 Å². The van der Waals surface area contributed by atoms with Gasteiger partial charge in [0.05, 0.1) is 19.7 Å². The Balaban J connectivity index is 3.80. The first-order valence-electron chi connectivity index (χ1n) is 10.9. The zero-order valence-corrected chi connectivity index (χ0v) is 21.1. The Morgan fingerprint density at radius 2 is 1.68 bits per heavy atom. The van der Waals surface area contributed by atoms with Gasteiger partial charge in [0.1, 0.15) is 12.7 Å². The highest BCUT2D eigenvalue weighted by Gasteiger charge is 2.65. The number of halogens is 2. The van der Waals surface area contributed by atoms with Crippen molar-refractivity contribution in [3.8, 4) is 12.3 Å². The fourth-order valence-corrected chi connectivity index (χ4v) is 3.46. The Bertz CT molecular complexity index is 970. The van der Waals surface area contributed by atoms with Crippen molar-refractivity contribution in [2.45, 2.75) is 70.2 Å². The van der Waals surface area contributed by atoms with Crippen LogP contribution in [0.25, 0.3) is 0 Å². The summed E-state index contributed by atoms with van der Waals surface area (Å²) in [6.45, 7) is 2.53. The molecule has 0 bridgehead atoms. The minimum absolute atomic E-state index is 0.369. The number of amides is 2. The van der Waals surface area contributed by atoms with E-state index in [0.29, 0.717) is 7.11 Å². The van der Waals surface area contributed by atoms with Gasteiger partial charge in [0.15, 0.2) is 18.3 Å². The molecule has 0 spiro atoms. The van der Waals surface area contributed by atoms with Gasteiger partial charge in [-0.25, -0.2) is 14.0 Å². The number of carbonyl (C=O) groups is 6. The summed E-state index contributed by atoms with van der Waals surface area (Å²) in [4.78, 5) is 71.7. The number of carbonyl (C=O) groups excluding carboxylic acids is 6. The Morgan fingerprint density at radius 3 is 2.16 bits per heavy atom. The van der Waals surface area contributed by atoms with Crippen molar-refractivity contribution in [2.75, 3.05) is 20.3 Å². The standard InChI is InChI=1S/C22H28F2N2O12/c1-7-8-25-21(32)37-16(14(35-12(4)29)9-34-11(3)28)17-15(26-10(2)27)18(36-13(5)30)19(23)22(24,38-17)20(31)33-6/h1,14-19H,8-9H2,2-6H3,(H,25,32)(H,26,27)/t14-,15+,16-,17?,18-,19-,22-/m1/s1. The van der Waals surface area contributed by atoms with Gasteiger partial charge >= 0.3 is 35.8 Å².